The van der Waals surface area contributed by atoms with Crippen LogP contribution in [-0.4, -0.2) is 22.1 Å². The number of aliphatic imine (C=N–C) groups is 1. The molecule has 6 heteroatoms. The monoisotopic (exact) mass is 420 g/mol. The number of halogens is 1. The summed E-state index contributed by atoms with van der Waals surface area (Å²) in [6.45, 7) is 0. The van der Waals surface area contributed by atoms with Crippen LogP contribution < -0.4 is 4.90 Å². The maximum absolute atomic E-state index is 13.2. The van der Waals surface area contributed by atoms with Gasteiger partial charge < -0.3 is 0 Å². The molecule has 1 fully saturated rings. The summed E-state index contributed by atoms with van der Waals surface area (Å²) in [5, 5.41) is 0.613. The van der Waals surface area contributed by atoms with Gasteiger partial charge in [0.15, 0.2) is 11.0 Å². The van der Waals surface area contributed by atoms with Crippen molar-refractivity contribution in [2.75, 3.05) is 4.90 Å². The Kier molecular flexibility index (Phi) is 5.79. The van der Waals surface area contributed by atoms with E-state index >= 15 is 0 Å². The summed E-state index contributed by atoms with van der Waals surface area (Å²) in [5.41, 5.74) is 2.04. The second kappa shape index (κ2) is 8.64. The molecule has 1 aliphatic rings. The SMILES string of the molecule is O=C(C[C@@H]1SC(=Nc2ccccc2)N(c2ccccc2)C1=O)c1ccc(Cl)cc1. The van der Waals surface area contributed by atoms with Crippen LogP contribution in [0.5, 0.6) is 0 Å². The van der Waals surface area contributed by atoms with E-state index in [0.29, 0.717) is 15.8 Å². The molecule has 0 aliphatic carbocycles. The van der Waals surface area contributed by atoms with E-state index in [1.54, 1.807) is 29.2 Å². The van der Waals surface area contributed by atoms with Crippen molar-refractivity contribution in [1.29, 1.82) is 0 Å². The second-order valence-corrected chi connectivity index (χ2v) is 8.09. The van der Waals surface area contributed by atoms with Crippen molar-refractivity contribution in [1.82, 2.24) is 0 Å². The summed E-state index contributed by atoms with van der Waals surface area (Å²) in [6.07, 6.45) is 0.0995. The maximum Gasteiger partial charge on any atom is 0.247 e. The van der Waals surface area contributed by atoms with Crippen molar-refractivity contribution in [3.8, 4) is 0 Å². The van der Waals surface area contributed by atoms with E-state index in [9.17, 15) is 9.59 Å². The number of benzene rings is 3. The van der Waals surface area contributed by atoms with Gasteiger partial charge in [-0.15, -0.1) is 0 Å². The minimum absolute atomic E-state index is 0.0958. The Hall–Kier alpha value is -2.89. The molecule has 4 nitrogen and oxygen atoms in total. The predicted molar refractivity (Wildman–Crippen MR) is 119 cm³/mol. The molecule has 0 saturated carbocycles. The van der Waals surface area contributed by atoms with Gasteiger partial charge in [0.25, 0.3) is 0 Å². The molecule has 0 N–H and O–H groups in total. The normalized spacial score (nSPS) is 17.7. The lowest BCUT2D eigenvalue weighted by molar-refractivity contribution is -0.116. The number of hydrogen-bond acceptors (Lipinski definition) is 4. The van der Waals surface area contributed by atoms with Crippen molar-refractivity contribution < 1.29 is 9.59 Å². The van der Waals surface area contributed by atoms with E-state index in [2.05, 4.69) is 4.99 Å². The van der Waals surface area contributed by atoms with E-state index in [0.717, 1.165) is 11.4 Å². The Morgan fingerprint density at radius 3 is 2.21 bits per heavy atom. The van der Waals surface area contributed by atoms with Gasteiger partial charge in [-0.1, -0.05) is 59.8 Å². The molecule has 1 amide bonds. The molecule has 1 saturated heterocycles. The van der Waals surface area contributed by atoms with Gasteiger partial charge in [-0.3, -0.25) is 14.5 Å². The molecule has 3 aromatic carbocycles. The topological polar surface area (TPSA) is 49.7 Å². The molecule has 0 radical (unpaired) electrons. The number of rotatable bonds is 5. The number of Topliss-reactive ketones (excluding diaryl/α,β-unsaturated/α-hetero) is 1. The summed E-state index contributed by atoms with van der Waals surface area (Å²) in [7, 11) is 0. The summed E-state index contributed by atoms with van der Waals surface area (Å²) < 4.78 is 0. The molecule has 1 aliphatic heterocycles. The number of para-hydroxylation sites is 2. The number of carbonyl (C=O) groups is 2. The van der Waals surface area contributed by atoms with Crippen molar-refractivity contribution in [2.45, 2.75) is 11.7 Å². The fourth-order valence-corrected chi connectivity index (χ4v) is 4.30. The second-order valence-electron chi connectivity index (χ2n) is 6.48. The zero-order chi connectivity index (χ0) is 20.2. The van der Waals surface area contributed by atoms with Crippen molar-refractivity contribution in [3.05, 3.63) is 95.5 Å². The van der Waals surface area contributed by atoms with E-state index in [4.69, 9.17) is 11.6 Å². The molecule has 0 unspecified atom stereocenters. The third-order valence-electron chi connectivity index (χ3n) is 4.47. The number of hydrogen-bond donors (Lipinski definition) is 0. The molecular weight excluding hydrogens is 404 g/mol. The first-order valence-electron chi connectivity index (χ1n) is 9.10. The lowest BCUT2D eigenvalue weighted by atomic mass is 10.1. The van der Waals surface area contributed by atoms with Gasteiger partial charge in [0.2, 0.25) is 5.91 Å². The number of nitrogens with zero attached hydrogens (tertiary/aromatic N) is 2. The number of ketones is 1. The Bertz CT molecular complexity index is 1050. The molecule has 4 rings (SSSR count). The van der Waals surface area contributed by atoms with Crippen LogP contribution in [-0.2, 0) is 4.79 Å². The van der Waals surface area contributed by atoms with Crippen LogP contribution in [0.2, 0.25) is 5.02 Å². The number of amidine groups is 1. The van der Waals surface area contributed by atoms with Crippen LogP contribution in [0.4, 0.5) is 11.4 Å². The zero-order valence-electron chi connectivity index (χ0n) is 15.4. The van der Waals surface area contributed by atoms with Crippen LogP contribution in [0.3, 0.4) is 0 Å². The highest BCUT2D eigenvalue weighted by molar-refractivity contribution is 8.16. The molecule has 29 heavy (non-hydrogen) atoms. The molecule has 0 aromatic heterocycles. The average Bonchev–Trinajstić information content (AvgIpc) is 3.04. The van der Waals surface area contributed by atoms with E-state index in [1.807, 2.05) is 60.7 Å². The highest BCUT2D eigenvalue weighted by Crippen LogP contribution is 2.35. The molecule has 0 spiro atoms. The van der Waals surface area contributed by atoms with Gasteiger partial charge in [-0.05, 0) is 48.5 Å². The van der Waals surface area contributed by atoms with E-state index < -0.39 is 5.25 Å². The third kappa shape index (κ3) is 4.42. The molecule has 0 bridgehead atoms. The van der Waals surface area contributed by atoms with Crippen molar-refractivity contribution in [2.24, 2.45) is 4.99 Å². The van der Waals surface area contributed by atoms with Crippen molar-refractivity contribution in [3.63, 3.8) is 0 Å². The van der Waals surface area contributed by atoms with E-state index in [-0.39, 0.29) is 18.1 Å². The Morgan fingerprint density at radius 1 is 0.931 bits per heavy atom. The largest absolute Gasteiger partial charge is 0.294 e. The molecule has 3 aromatic rings. The highest BCUT2D eigenvalue weighted by Gasteiger charge is 2.40. The molecule has 144 valence electrons. The van der Waals surface area contributed by atoms with Crippen LogP contribution in [0.25, 0.3) is 0 Å². The lowest BCUT2D eigenvalue weighted by Gasteiger charge is -2.16. The van der Waals surface area contributed by atoms with Crippen LogP contribution in [0.15, 0.2) is 89.9 Å². The third-order valence-corrected chi connectivity index (χ3v) is 5.86. The minimum Gasteiger partial charge on any atom is -0.294 e. The number of carbonyl (C=O) groups excluding carboxylic acids is 2. The van der Waals surface area contributed by atoms with Crippen LogP contribution in [0.1, 0.15) is 16.8 Å². The van der Waals surface area contributed by atoms with E-state index in [1.165, 1.54) is 11.8 Å². The van der Waals surface area contributed by atoms with Gasteiger partial charge in [0.05, 0.1) is 16.6 Å². The Balaban J connectivity index is 1.63. The first kappa shape index (κ1) is 19.4. The first-order valence-corrected chi connectivity index (χ1v) is 10.4. The van der Waals surface area contributed by atoms with Crippen molar-refractivity contribution >= 4 is 51.6 Å². The highest BCUT2D eigenvalue weighted by atomic mass is 35.5. The standard InChI is InChI=1S/C23H17ClN2O2S/c24-17-13-11-16(12-14-17)20(27)15-21-22(28)26(19-9-5-2-6-10-19)23(29-21)25-18-7-3-1-4-8-18/h1-14,21H,15H2/t21-/m0/s1. The van der Waals surface area contributed by atoms with Gasteiger partial charge in [0, 0.05) is 17.0 Å². The van der Waals surface area contributed by atoms with Crippen LogP contribution in [0, 0.1) is 0 Å². The fraction of sp³-hybridized carbons (Fsp3) is 0.0870. The van der Waals surface area contributed by atoms with Gasteiger partial charge >= 0.3 is 0 Å². The molecule has 1 heterocycles. The quantitative estimate of drug-likeness (QED) is 0.494. The summed E-state index contributed by atoms with van der Waals surface area (Å²) in [6, 6.07) is 25.6. The average molecular weight is 421 g/mol. The minimum atomic E-state index is -0.527. The lowest BCUT2D eigenvalue weighted by Crippen LogP contribution is -2.32. The molecule has 1 atom stereocenters. The van der Waals surface area contributed by atoms with Gasteiger partial charge in [-0.2, -0.15) is 0 Å². The molecular formula is C23H17ClN2O2S. The predicted octanol–water partition coefficient (Wildman–Crippen LogP) is 5.75. The fourth-order valence-electron chi connectivity index (χ4n) is 3.02. The Morgan fingerprint density at radius 2 is 1.55 bits per heavy atom. The van der Waals surface area contributed by atoms with Crippen LogP contribution >= 0.6 is 23.4 Å². The number of anilines is 1. The number of thioether (sulfide) groups is 1. The zero-order valence-corrected chi connectivity index (χ0v) is 16.9. The van der Waals surface area contributed by atoms with Gasteiger partial charge in [0.1, 0.15) is 0 Å². The number of amides is 1. The smallest absolute Gasteiger partial charge is 0.247 e. The Labute approximate surface area is 178 Å². The summed E-state index contributed by atoms with van der Waals surface area (Å²) >= 11 is 7.22. The summed E-state index contributed by atoms with van der Waals surface area (Å²) in [5.74, 6) is -0.236. The van der Waals surface area contributed by atoms with Gasteiger partial charge in [-0.25, -0.2) is 4.99 Å². The summed E-state index contributed by atoms with van der Waals surface area (Å²) in [4.78, 5) is 32.1. The first-order chi connectivity index (χ1) is 14.1. The maximum atomic E-state index is 13.2.